The number of rotatable bonds is 6. The molecule has 0 bridgehead atoms. The molecule has 0 saturated carbocycles. The van der Waals surface area contributed by atoms with Crippen LogP contribution in [0.4, 0.5) is 5.82 Å². The molecule has 1 saturated heterocycles. The molecule has 31 heavy (non-hydrogen) atoms. The average Bonchev–Trinajstić information content (AvgIpc) is 3.06. The van der Waals surface area contributed by atoms with Gasteiger partial charge in [-0.05, 0) is 37.1 Å². The summed E-state index contributed by atoms with van der Waals surface area (Å²) < 4.78 is 5.46. The summed E-state index contributed by atoms with van der Waals surface area (Å²) in [6.45, 7) is 8.96. The van der Waals surface area contributed by atoms with E-state index < -0.39 is 0 Å². The number of aromatic nitrogens is 2. The van der Waals surface area contributed by atoms with Crippen LogP contribution in [0.3, 0.4) is 0 Å². The van der Waals surface area contributed by atoms with Gasteiger partial charge in [0.1, 0.15) is 16.5 Å². The van der Waals surface area contributed by atoms with Gasteiger partial charge in [0.2, 0.25) is 0 Å². The Balaban J connectivity index is 1.56. The lowest BCUT2D eigenvalue weighted by atomic mass is 10.1. The molecule has 0 aliphatic carbocycles. The number of nitrogens with zero attached hydrogens (tertiary/aromatic N) is 4. The number of carbonyl (C=O) groups is 1. The number of nitrogens with one attached hydrogen (secondary N) is 1. The summed E-state index contributed by atoms with van der Waals surface area (Å²) in [6, 6.07) is 7.72. The van der Waals surface area contributed by atoms with E-state index in [2.05, 4.69) is 24.1 Å². The number of thiophene rings is 1. The number of morpholine rings is 1. The molecule has 4 rings (SSSR count). The maximum atomic E-state index is 12.1. The third-order valence-electron chi connectivity index (χ3n) is 5.61. The van der Waals surface area contributed by atoms with Crippen LogP contribution in [0.5, 0.6) is 0 Å². The Kier molecular flexibility index (Phi) is 6.50. The summed E-state index contributed by atoms with van der Waals surface area (Å²) >= 11 is 1.72. The number of benzene rings is 1. The summed E-state index contributed by atoms with van der Waals surface area (Å²) in [4.78, 5) is 28.1. The first-order chi connectivity index (χ1) is 14.9. The normalized spacial score (nSPS) is 14.7. The molecular formula is C23H29N5O2S. The Morgan fingerprint density at radius 3 is 2.55 bits per heavy atom. The van der Waals surface area contributed by atoms with Crippen LogP contribution in [-0.4, -0.2) is 66.1 Å². The molecule has 3 aromatic rings. The molecular weight excluding hydrogens is 410 g/mol. The second kappa shape index (κ2) is 9.30. The van der Waals surface area contributed by atoms with Crippen LogP contribution < -0.4 is 5.32 Å². The third-order valence-corrected chi connectivity index (χ3v) is 6.71. The van der Waals surface area contributed by atoms with E-state index in [1.165, 1.54) is 10.4 Å². The van der Waals surface area contributed by atoms with Crippen molar-refractivity contribution in [3.05, 3.63) is 51.7 Å². The summed E-state index contributed by atoms with van der Waals surface area (Å²) in [7, 11) is 3.52. The Bertz CT molecular complexity index is 1070. The highest BCUT2D eigenvalue weighted by molar-refractivity contribution is 7.18. The zero-order chi connectivity index (χ0) is 22.0. The zero-order valence-electron chi connectivity index (χ0n) is 18.6. The topological polar surface area (TPSA) is 70.6 Å². The first kappa shape index (κ1) is 21.7. The van der Waals surface area contributed by atoms with Crippen molar-refractivity contribution in [3.8, 4) is 0 Å². The molecule has 1 aromatic carbocycles. The van der Waals surface area contributed by atoms with Crippen LogP contribution in [0.25, 0.3) is 10.2 Å². The van der Waals surface area contributed by atoms with Crippen molar-refractivity contribution in [3.63, 3.8) is 0 Å². The van der Waals surface area contributed by atoms with E-state index in [1.54, 1.807) is 30.3 Å². The third kappa shape index (κ3) is 4.87. The van der Waals surface area contributed by atoms with Crippen molar-refractivity contribution in [1.29, 1.82) is 0 Å². The number of anilines is 1. The number of carbonyl (C=O) groups excluding carboxylic acids is 1. The lowest BCUT2D eigenvalue weighted by molar-refractivity contribution is 0.0331. The molecule has 0 unspecified atom stereocenters. The first-order valence-corrected chi connectivity index (χ1v) is 11.3. The summed E-state index contributed by atoms with van der Waals surface area (Å²) in [5.74, 6) is 1.72. The molecule has 1 aliphatic rings. The molecule has 1 aliphatic heterocycles. The van der Waals surface area contributed by atoms with E-state index in [0.717, 1.165) is 60.3 Å². The van der Waals surface area contributed by atoms with Gasteiger partial charge in [-0.1, -0.05) is 12.1 Å². The van der Waals surface area contributed by atoms with Gasteiger partial charge in [0.05, 0.1) is 25.1 Å². The van der Waals surface area contributed by atoms with Gasteiger partial charge in [-0.25, -0.2) is 9.97 Å². The van der Waals surface area contributed by atoms with Crippen molar-refractivity contribution >= 4 is 33.3 Å². The predicted octanol–water partition coefficient (Wildman–Crippen LogP) is 3.45. The van der Waals surface area contributed by atoms with Crippen LogP contribution in [0.1, 0.15) is 32.2 Å². The van der Waals surface area contributed by atoms with Crippen molar-refractivity contribution in [1.82, 2.24) is 19.8 Å². The number of amides is 1. The van der Waals surface area contributed by atoms with Gasteiger partial charge in [-0.3, -0.25) is 9.69 Å². The van der Waals surface area contributed by atoms with Gasteiger partial charge in [0, 0.05) is 44.2 Å². The van der Waals surface area contributed by atoms with E-state index in [-0.39, 0.29) is 5.91 Å². The molecule has 0 atom stereocenters. The van der Waals surface area contributed by atoms with E-state index in [1.807, 2.05) is 24.3 Å². The molecule has 1 amide bonds. The average molecular weight is 440 g/mol. The molecule has 8 heteroatoms. The highest BCUT2D eigenvalue weighted by atomic mass is 32.1. The standard InChI is InChI=1S/C23H29N5O2S/c1-15-16(2)31-22-20(15)21(25-19(26-22)14-28-9-11-30-12-10-28)24-13-17-5-7-18(8-6-17)23(29)27(3)4/h5-8H,9-14H2,1-4H3,(H,24,25,26). The molecule has 3 heterocycles. The highest BCUT2D eigenvalue weighted by Gasteiger charge is 2.18. The molecule has 1 N–H and O–H groups in total. The monoisotopic (exact) mass is 439 g/mol. The summed E-state index contributed by atoms with van der Waals surface area (Å²) in [5, 5.41) is 4.63. The van der Waals surface area contributed by atoms with Crippen LogP contribution in [-0.2, 0) is 17.8 Å². The van der Waals surface area contributed by atoms with Crippen LogP contribution in [0.2, 0.25) is 0 Å². The fourth-order valence-corrected chi connectivity index (χ4v) is 4.71. The number of hydrogen-bond acceptors (Lipinski definition) is 7. The predicted molar refractivity (Wildman–Crippen MR) is 125 cm³/mol. The molecule has 0 spiro atoms. The van der Waals surface area contributed by atoms with Crippen molar-refractivity contribution in [2.75, 3.05) is 45.7 Å². The smallest absolute Gasteiger partial charge is 0.253 e. The van der Waals surface area contributed by atoms with Gasteiger partial charge >= 0.3 is 0 Å². The van der Waals surface area contributed by atoms with Crippen LogP contribution in [0.15, 0.2) is 24.3 Å². The Hall–Kier alpha value is -2.55. The minimum Gasteiger partial charge on any atom is -0.379 e. The van der Waals surface area contributed by atoms with E-state index >= 15 is 0 Å². The second-order valence-electron chi connectivity index (χ2n) is 8.09. The lowest BCUT2D eigenvalue weighted by Gasteiger charge is -2.25. The Morgan fingerprint density at radius 2 is 1.87 bits per heavy atom. The number of hydrogen-bond donors (Lipinski definition) is 1. The fraction of sp³-hybridized carbons (Fsp3) is 0.435. The quantitative estimate of drug-likeness (QED) is 0.634. The summed E-state index contributed by atoms with van der Waals surface area (Å²) in [5.41, 5.74) is 3.02. The maximum absolute atomic E-state index is 12.1. The summed E-state index contributed by atoms with van der Waals surface area (Å²) in [6.07, 6.45) is 0. The van der Waals surface area contributed by atoms with E-state index in [0.29, 0.717) is 12.1 Å². The van der Waals surface area contributed by atoms with Crippen LogP contribution >= 0.6 is 11.3 Å². The first-order valence-electron chi connectivity index (χ1n) is 10.5. The minimum atomic E-state index is 0.00847. The fourth-order valence-electron chi connectivity index (χ4n) is 3.66. The maximum Gasteiger partial charge on any atom is 0.253 e. The minimum absolute atomic E-state index is 0.00847. The van der Waals surface area contributed by atoms with Gasteiger partial charge in [-0.15, -0.1) is 11.3 Å². The Labute approximate surface area is 187 Å². The van der Waals surface area contributed by atoms with Crippen molar-refractivity contribution in [2.24, 2.45) is 0 Å². The van der Waals surface area contributed by atoms with Gasteiger partial charge in [0.25, 0.3) is 5.91 Å². The number of fused-ring (bicyclic) bond motifs is 1. The van der Waals surface area contributed by atoms with Crippen molar-refractivity contribution < 1.29 is 9.53 Å². The number of aryl methyl sites for hydroxylation is 2. The van der Waals surface area contributed by atoms with E-state index in [9.17, 15) is 4.79 Å². The van der Waals surface area contributed by atoms with Gasteiger partial charge < -0.3 is 15.0 Å². The molecule has 0 radical (unpaired) electrons. The van der Waals surface area contributed by atoms with Gasteiger partial charge in [0.15, 0.2) is 0 Å². The zero-order valence-corrected chi connectivity index (χ0v) is 19.4. The van der Waals surface area contributed by atoms with Crippen LogP contribution in [0, 0.1) is 13.8 Å². The largest absolute Gasteiger partial charge is 0.379 e. The molecule has 2 aromatic heterocycles. The van der Waals surface area contributed by atoms with Gasteiger partial charge in [-0.2, -0.15) is 0 Å². The molecule has 164 valence electrons. The van der Waals surface area contributed by atoms with Crippen molar-refractivity contribution in [2.45, 2.75) is 26.9 Å². The molecule has 7 nitrogen and oxygen atoms in total. The number of ether oxygens (including phenoxy) is 1. The van der Waals surface area contributed by atoms with E-state index in [4.69, 9.17) is 14.7 Å². The Morgan fingerprint density at radius 1 is 1.16 bits per heavy atom. The molecule has 1 fully saturated rings. The lowest BCUT2D eigenvalue weighted by Crippen LogP contribution is -2.36. The SMILES string of the molecule is Cc1sc2nc(CN3CCOCC3)nc(NCc3ccc(C(=O)N(C)C)cc3)c2c1C. The second-order valence-corrected chi connectivity index (χ2v) is 9.29. The highest BCUT2D eigenvalue weighted by Crippen LogP contribution is 2.33.